The van der Waals surface area contributed by atoms with Crippen LogP contribution in [0.2, 0.25) is 20.1 Å². The number of carbonyl (C=O) groups excluding carboxylic acids is 1. The van der Waals surface area contributed by atoms with Crippen molar-refractivity contribution >= 4 is 58.0 Å². The molecule has 1 aliphatic rings. The number of hydrazine groups is 1. The first kappa shape index (κ1) is 25.5. The van der Waals surface area contributed by atoms with Crippen molar-refractivity contribution in [3.8, 4) is 5.69 Å². The lowest BCUT2D eigenvalue weighted by Crippen LogP contribution is -2.35. The molecule has 3 aromatic carbocycles. The zero-order valence-corrected chi connectivity index (χ0v) is 22.5. The minimum atomic E-state index is -0.838. The third-order valence-corrected chi connectivity index (χ3v) is 7.41. The van der Waals surface area contributed by atoms with Crippen molar-refractivity contribution in [2.45, 2.75) is 12.8 Å². The van der Waals surface area contributed by atoms with Crippen molar-refractivity contribution in [2.24, 2.45) is 5.92 Å². The number of carbonyl (C=O) groups is 1. The Kier molecular flexibility index (Phi) is 6.86. The fourth-order valence-electron chi connectivity index (χ4n) is 4.64. The van der Waals surface area contributed by atoms with Gasteiger partial charge in [0.05, 0.1) is 17.3 Å². The van der Waals surface area contributed by atoms with E-state index in [0.717, 1.165) is 0 Å². The minimum Gasteiger partial charge on any atom is -0.295 e. The van der Waals surface area contributed by atoms with Crippen LogP contribution in [0, 0.1) is 12.8 Å². The summed E-state index contributed by atoms with van der Waals surface area (Å²) >= 11 is 24.9. The molecule has 4 aromatic rings. The highest BCUT2D eigenvalue weighted by molar-refractivity contribution is 6.35. The van der Waals surface area contributed by atoms with E-state index in [0.29, 0.717) is 54.0 Å². The number of rotatable bonds is 5. The van der Waals surface area contributed by atoms with Crippen molar-refractivity contribution < 1.29 is 4.79 Å². The molecule has 1 saturated heterocycles. The molecule has 37 heavy (non-hydrogen) atoms. The van der Waals surface area contributed by atoms with Gasteiger partial charge >= 0.3 is 0 Å². The van der Waals surface area contributed by atoms with E-state index in [4.69, 9.17) is 46.4 Å². The van der Waals surface area contributed by atoms with Crippen LogP contribution < -0.4 is 16.0 Å². The molecule has 1 amide bonds. The van der Waals surface area contributed by atoms with E-state index in [2.05, 4.69) is 17.1 Å². The van der Waals surface area contributed by atoms with E-state index >= 15 is 0 Å². The largest absolute Gasteiger partial charge is 0.295 e. The van der Waals surface area contributed by atoms with Crippen LogP contribution in [0.3, 0.4) is 0 Å². The Morgan fingerprint density at radius 3 is 2.00 bits per heavy atom. The second-order valence-electron chi connectivity index (χ2n) is 8.68. The number of benzene rings is 3. The monoisotopic (exact) mass is 572 g/mol. The normalized spacial score (nSPS) is 16.2. The molecule has 0 saturated carbocycles. The first-order valence-electron chi connectivity index (χ1n) is 11.2. The van der Waals surface area contributed by atoms with Crippen LogP contribution in [0.1, 0.15) is 22.7 Å². The maximum atomic E-state index is 13.9. The lowest BCUT2D eigenvalue weighted by Gasteiger charge is -2.23. The highest BCUT2D eigenvalue weighted by atomic mass is 35.5. The Hall–Kier alpha value is -3.16. The van der Waals surface area contributed by atoms with Crippen LogP contribution >= 0.6 is 46.4 Å². The highest BCUT2D eigenvalue weighted by Crippen LogP contribution is 2.43. The maximum absolute atomic E-state index is 13.9. The number of H-pyrrole nitrogens is 1. The highest BCUT2D eigenvalue weighted by Gasteiger charge is 2.45. The number of hydrogen-bond acceptors (Lipinski definition) is 3. The van der Waals surface area contributed by atoms with Crippen LogP contribution in [0.15, 0.2) is 83.8 Å². The molecule has 188 valence electrons. The van der Waals surface area contributed by atoms with Gasteiger partial charge in [-0.15, -0.1) is 0 Å². The van der Waals surface area contributed by atoms with Gasteiger partial charge in [-0.25, -0.2) is 9.69 Å². The molecule has 5 rings (SSSR count). The fourth-order valence-corrected chi connectivity index (χ4v) is 5.41. The molecule has 1 aromatic heterocycles. The molecule has 0 bridgehead atoms. The van der Waals surface area contributed by atoms with E-state index in [1.54, 1.807) is 73.7 Å². The van der Waals surface area contributed by atoms with Gasteiger partial charge in [-0.1, -0.05) is 59.0 Å². The Bertz CT molecular complexity index is 1580. The first-order chi connectivity index (χ1) is 17.7. The SMILES string of the molecule is C=C1NN(c2ccc(Cl)cc2)C(=O)C1C(c1ccc(Cl)cc1Cl)c1c(C)[nH]n(-c2ccc(Cl)cc2)c1=O. The van der Waals surface area contributed by atoms with E-state index in [1.807, 2.05) is 0 Å². The lowest BCUT2D eigenvalue weighted by atomic mass is 9.79. The van der Waals surface area contributed by atoms with Gasteiger partial charge in [0, 0.05) is 43.0 Å². The molecule has 0 radical (unpaired) electrons. The molecule has 2 atom stereocenters. The van der Waals surface area contributed by atoms with Crippen molar-refractivity contribution in [1.29, 1.82) is 0 Å². The topological polar surface area (TPSA) is 70.1 Å². The third kappa shape index (κ3) is 4.66. The maximum Gasteiger partial charge on any atom is 0.275 e. The lowest BCUT2D eigenvalue weighted by molar-refractivity contribution is -0.120. The molecular formula is C27H20Cl4N4O2. The standard InChI is InChI=1S/C27H20Cl4N4O2/c1-14-23(26(36)34(32-14)19-8-3-16(28)4-9-19)25(21-12-7-18(30)13-22(21)31)24-15(2)33-35(27(24)37)20-10-5-17(29)6-11-20/h3-13,23,25,32-33H,1H2,2H3. The predicted molar refractivity (Wildman–Crippen MR) is 149 cm³/mol. The van der Waals surface area contributed by atoms with E-state index in [-0.39, 0.29) is 11.5 Å². The molecule has 0 aliphatic carbocycles. The number of aryl methyl sites for hydroxylation is 1. The van der Waals surface area contributed by atoms with E-state index < -0.39 is 11.8 Å². The smallest absolute Gasteiger partial charge is 0.275 e. The molecule has 1 aliphatic heterocycles. The summed E-state index contributed by atoms with van der Waals surface area (Å²) in [4.78, 5) is 27.7. The van der Waals surface area contributed by atoms with Gasteiger partial charge in [-0.05, 0) is 73.2 Å². The van der Waals surface area contributed by atoms with Gasteiger partial charge in [-0.3, -0.25) is 20.1 Å². The number of nitrogens with one attached hydrogen (secondary N) is 2. The van der Waals surface area contributed by atoms with E-state index in [1.165, 1.54) is 9.69 Å². The summed E-state index contributed by atoms with van der Waals surface area (Å²) < 4.78 is 1.42. The summed E-state index contributed by atoms with van der Waals surface area (Å²) in [6, 6.07) is 18.7. The van der Waals surface area contributed by atoms with Crippen molar-refractivity contribution in [3.05, 3.63) is 126 Å². The van der Waals surface area contributed by atoms with Crippen molar-refractivity contribution in [1.82, 2.24) is 15.2 Å². The summed E-state index contributed by atoms with van der Waals surface area (Å²) in [7, 11) is 0. The summed E-state index contributed by atoms with van der Waals surface area (Å²) in [5.74, 6) is -1.89. The molecule has 10 heteroatoms. The van der Waals surface area contributed by atoms with E-state index in [9.17, 15) is 9.59 Å². The molecule has 2 heterocycles. The van der Waals surface area contributed by atoms with Gasteiger partial charge in [0.15, 0.2) is 0 Å². The number of halogens is 4. The van der Waals surface area contributed by atoms with Crippen LogP contribution in [0.5, 0.6) is 0 Å². The first-order valence-corrected chi connectivity index (χ1v) is 12.7. The average molecular weight is 574 g/mol. The zero-order chi connectivity index (χ0) is 26.4. The molecule has 0 spiro atoms. The number of hydrogen-bond donors (Lipinski definition) is 2. The van der Waals surface area contributed by atoms with Crippen molar-refractivity contribution in [3.63, 3.8) is 0 Å². The Morgan fingerprint density at radius 1 is 0.838 bits per heavy atom. The third-order valence-electron chi connectivity index (χ3n) is 6.35. The molecule has 2 N–H and O–H groups in total. The fraction of sp³-hybridized carbons (Fsp3) is 0.111. The number of aromatic amines is 1. The molecule has 2 unspecified atom stereocenters. The molecule has 1 fully saturated rings. The van der Waals surface area contributed by atoms with Crippen LogP contribution in [-0.4, -0.2) is 15.7 Å². The van der Waals surface area contributed by atoms with Crippen LogP contribution in [0.25, 0.3) is 5.69 Å². The average Bonchev–Trinajstić information content (AvgIpc) is 3.32. The number of nitrogens with zero attached hydrogens (tertiary/aromatic N) is 2. The predicted octanol–water partition coefficient (Wildman–Crippen LogP) is 6.90. The quantitative estimate of drug-likeness (QED) is 0.273. The number of aromatic nitrogens is 2. The second-order valence-corrected chi connectivity index (χ2v) is 10.4. The summed E-state index contributed by atoms with van der Waals surface area (Å²) in [6.07, 6.45) is 0. The molecule has 6 nitrogen and oxygen atoms in total. The number of amides is 1. The van der Waals surface area contributed by atoms with Gasteiger partial charge in [0.25, 0.3) is 11.5 Å². The summed E-state index contributed by atoms with van der Waals surface area (Å²) in [5.41, 5.74) is 5.91. The number of anilines is 1. The zero-order valence-electron chi connectivity index (χ0n) is 19.4. The second kappa shape index (κ2) is 9.95. The summed E-state index contributed by atoms with van der Waals surface area (Å²) in [5, 5.41) is 6.40. The summed E-state index contributed by atoms with van der Waals surface area (Å²) in [6.45, 7) is 5.91. The molecular weight excluding hydrogens is 554 g/mol. The minimum absolute atomic E-state index is 0.290. The van der Waals surface area contributed by atoms with Gasteiger partial charge in [0.1, 0.15) is 0 Å². The van der Waals surface area contributed by atoms with Gasteiger partial charge < -0.3 is 0 Å². The van der Waals surface area contributed by atoms with Crippen LogP contribution in [-0.2, 0) is 4.79 Å². The Labute approximate surface area is 233 Å². The van der Waals surface area contributed by atoms with Gasteiger partial charge in [-0.2, -0.15) is 0 Å². The van der Waals surface area contributed by atoms with Gasteiger partial charge in [0.2, 0.25) is 0 Å². The van der Waals surface area contributed by atoms with Crippen molar-refractivity contribution in [2.75, 3.05) is 5.01 Å². The Morgan fingerprint density at radius 2 is 1.41 bits per heavy atom. The Balaban J connectivity index is 1.67. The van der Waals surface area contributed by atoms with Crippen LogP contribution in [0.4, 0.5) is 5.69 Å².